The third-order valence-corrected chi connectivity index (χ3v) is 4.19. The van der Waals surface area contributed by atoms with E-state index < -0.39 is 0 Å². The minimum Gasteiger partial charge on any atom is -0.488 e. The van der Waals surface area contributed by atoms with Crippen LogP contribution < -0.4 is 10.1 Å². The summed E-state index contributed by atoms with van der Waals surface area (Å²) < 4.78 is 5.97. The van der Waals surface area contributed by atoms with Crippen molar-refractivity contribution < 1.29 is 4.74 Å². The van der Waals surface area contributed by atoms with Gasteiger partial charge in [0, 0.05) is 24.8 Å². The van der Waals surface area contributed by atoms with E-state index in [0.717, 1.165) is 18.7 Å². The molecule has 0 saturated heterocycles. The maximum atomic E-state index is 5.97. The van der Waals surface area contributed by atoms with Crippen molar-refractivity contribution in [3.63, 3.8) is 0 Å². The zero-order valence-corrected chi connectivity index (χ0v) is 12.3. The summed E-state index contributed by atoms with van der Waals surface area (Å²) in [6, 6.07) is 7.07. The van der Waals surface area contributed by atoms with Gasteiger partial charge >= 0.3 is 0 Å². The van der Waals surface area contributed by atoms with Crippen LogP contribution in [-0.4, -0.2) is 30.7 Å². The van der Waals surface area contributed by atoms with Gasteiger partial charge in [-0.05, 0) is 31.2 Å². The van der Waals surface area contributed by atoms with Crippen LogP contribution in [0.1, 0.15) is 24.5 Å². The van der Waals surface area contributed by atoms with Crippen LogP contribution in [-0.2, 0) is 6.42 Å². The van der Waals surface area contributed by atoms with Gasteiger partial charge in [-0.3, -0.25) is 0 Å². The van der Waals surface area contributed by atoms with Gasteiger partial charge in [0.1, 0.15) is 11.9 Å². The van der Waals surface area contributed by atoms with Crippen molar-refractivity contribution in [2.45, 2.75) is 38.8 Å². The smallest absolute Gasteiger partial charge is 0.123 e. The Kier molecular flexibility index (Phi) is 4.95. The van der Waals surface area contributed by atoms with Crippen LogP contribution >= 0.6 is 11.8 Å². The second-order valence-corrected chi connectivity index (χ2v) is 5.93. The van der Waals surface area contributed by atoms with Crippen LogP contribution in [0.15, 0.2) is 18.2 Å². The quantitative estimate of drug-likeness (QED) is 0.854. The fourth-order valence-corrected chi connectivity index (χ4v) is 3.14. The molecule has 1 N–H and O–H groups in total. The molecule has 100 valence electrons. The predicted molar refractivity (Wildman–Crippen MR) is 79.8 cm³/mol. The summed E-state index contributed by atoms with van der Waals surface area (Å²) in [5.74, 6) is 2.25. The van der Waals surface area contributed by atoms with E-state index in [-0.39, 0.29) is 0 Å². The van der Waals surface area contributed by atoms with Gasteiger partial charge in [-0.2, -0.15) is 11.8 Å². The fraction of sp³-hybridized carbons (Fsp3) is 0.600. The number of hydrogen-bond donors (Lipinski definition) is 1. The standard InChI is InChI=1S/C15H23NOS/c1-4-13(10-18-3)16-9-14-8-12-7-11(2)5-6-15(12)17-14/h5-7,13-14,16H,4,8-10H2,1-3H3. The van der Waals surface area contributed by atoms with E-state index in [1.807, 2.05) is 11.8 Å². The zero-order valence-electron chi connectivity index (χ0n) is 11.5. The molecule has 1 aliphatic heterocycles. The Bertz CT molecular complexity index is 394. The van der Waals surface area contributed by atoms with Crippen molar-refractivity contribution in [1.82, 2.24) is 5.32 Å². The molecule has 1 aromatic rings. The molecule has 2 atom stereocenters. The van der Waals surface area contributed by atoms with Crippen LogP contribution in [0, 0.1) is 6.92 Å². The second kappa shape index (κ2) is 6.48. The summed E-state index contributed by atoms with van der Waals surface area (Å²) in [5, 5.41) is 3.62. The van der Waals surface area contributed by atoms with Gasteiger partial charge in [-0.1, -0.05) is 24.6 Å². The van der Waals surface area contributed by atoms with E-state index in [9.17, 15) is 0 Å². The van der Waals surface area contributed by atoms with Crippen molar-refractivity contribution in [2.75, 3.05) is 18.6 Å². The normalized spacial score (nSPS) is 19.4. The largest absolute Gasteiger partial charge is 0.488 e. The maximum Gasteiger partial charge on any atom is 0.123 e. The van der Waals surface area contributed by atoms with Gasteiger partial charge in [0.25, 0.3) is 0 Å². The molecule has 0 aromatic heterocycles. The molecule has 3 heteroatoms. The molecule has 0 spiro atoms. The van der Waals surface area contributed by atoms with Crippen molar-refractivity contribution >= 4 is 11.8 Å². The molecule has 2 unspecified atom stereocenters. The summed E-state index contributed by atoms with van der Waals surface area (Å²) >= 11 is 1.90. The average molecular weight is 265 g/mol. The lowest BCUT2D eigenvalue weighted by Crippen LogP contribution is -2.38. The lowest BCUT2D eigenvalue weighted by atomic mass is 10.1. The highest BCUT2D eigenvalue weighted by molar-refractivity contribution is 7.98. The third kappa shape index (κ3) is 3.42. The highest BCUT2D eigenvalue weighted by atomic mass is 32.2. The van der Waals surface area contributed by atoms with Crippen LogP contribution in [0.3, 0.4) is 0 Å². The Labute approximate surface area is 114 Å². The Hall–Kier alpha value is -0.670. The predicted octanol–water partition coefficient (Wildman–Crippen LogP) is 3.03. The summed E-state index contributed by atoms with van der Waals surface area (Å²) in [7, 11) is 0. The molecule has 0 aliphatic carbocycles. The van der Waals surface area contributed by atoms with Gasteiger partial charge in [0.15, 0.2) is 0 Å². The monoisotopic (exact) mass is 265 g/mol. The molecule has 0 amide bonds. The first kappa shape index (κ1) is 13.8. The number of rotatable bonds is 6. The first-order chi connectivity index (χ1) is 8.72. The molecular formula is C15H23NOS. The minimum atomic E-state index is 0.303. The fourth-order valence-electron chi connectivity index (χ4n) is 2.38. The number of fused-ring (bicyclic) bond motifs is 1. The van der Waals surface area contributed by atoms with Crippen LogP contribution in [0.25, 0.3) is 0 Å². The van der Waals surface area contributed by atoms with Gasteiger partial charge in [-0.25, -0.2) is 0 Å². The third-order valence-electron chi connectivity index (χ3n) is 3.45. The van der Waals surface area contributed by atoms with E-state index in [2.05, 4.69) is 43.6 Å². The Balaban J connectivity index is 1.84. The number of thioether (sulfide) groups is 1. The zero-order chi connectivity index (χ0) is 13.0. The second-order valence-electron chi connectivity index (χ2n) is 5.02. The summed E-state index contributed by atoms with van der Waals surface area (Å²) in [4.78, 5) is 0. The highest BCUT2D eigenvalue weighted by Crippen LogP contribution is 2.29. The van der Waals surface area contributed by atoms with Crippen molar-refractivity contribution in [2.24, 2.45) is 0 Å². The van der Waals surface area contributed by atoms with E-state index in [0.29, 0.717) is 12.1 Å². The summed E-state index contributed by atoms with van der Waals surface area (Å²) in [6.07, 6.45) is 4.69. The Morgan fingerprint density at radius 3 is 3.06 bits per heavy atom. The van der Waals surface area contributed by atoms with Gasteiger partial charge in [0.05, 0.1) is 0 Å². The molecule has 1 aliphatic rings. The highest BCUT2D eigenvalue weighted by Gasteiger charge is 2.23. The van der Waals surface area contributed by atoms with Gasteiger partial charge in [0.2, 0.25) is 0 Å². The van der Waals surface area contributed by atoms with Gasteiger partial charge in [-0.15, -0.1) is 0 Å². The van der Waals surface area contributed by atoms with Crippen LogP contribution in [0.4, 0.5) is 0 Å². The first-order valence-electron chi connectivity index (χ1n) is 6.71. The van der Waals surface area contributed by atoms with E-state index >= 15 is 0 Å². The molecular weight excluding hydrogens is 242 g/mol. The number of aryl methyl sites for hydroxylation is 1. The van der Waals surface area contributed by atoms with E-state index in [4.69, 9.17) is 4.74 Å². The molecule has 18 heavy (non-hydrogen) atoms. The SMILES string of the molecule is CCC(CSC)NCC1Cc2cc(C)ccc2O1. The van der Waals surface area contributed by atoms with E-state index in [1.54, 1.807) is 0 Å². The Morgan fingerprint density at radius 1 is 1.50 bits per heavy atom. The first-order valence-corrected chi connectivity index (χ1v) is 8.10. The topological polar surface area (TPSA) is 21.3 Å². The van der Waals surface area contributed by atoms with Crippen molar-refractivity contribution in [3.8, 4) is 5.75 Å². The lowest BCUT2D eigenvalue weighted by Gasteiger charge is -2.18. The number of benzene rings is 1. The summed E-state index contributed by atoms with van der Waals surface area (Å²) in [5.41, 5.74) is 2.68. The van der Waals surface area contributed by atoms with Gasteiger partial charge < -0.3 is 10.1 Å². The number of hydrogen-bond acceptors (Lipinski definition) is 3. The van der Waals surface area contributed by atoms with Crippen molar-refractivity contribution in [3.05, 3.63) is 29.3 Å². The lowest BCUT2D eigenvalue weighted by molar-refractivity contribution is 0.222. The Morgan fingerprint density at radius 2 is 2.33 bits per heavy atom. The average Bonchev–Trinajstić information content (AvgIpc) is 2.76. The van der Waals surface area contributed by atoms with Crippen LogP contribution in [0.2, 0.25) is 0 Å². The molecule has 0 bridgehead atoms. The maximum absolute atomic E-state index is 5.97. The van der Waals surface area contributed by atoms with Crippen molar-refractivity contribution in [1.29, 1.82) is 0 Å². The van der Waals surface area contributed by atoms with E-state index in [1.165, 1.54) is 23.3 Å². The molecule has 1 aromatic carbocycles. The molecule has 0 fully saturated rings. The molecule has 0 radical (unpaired) electrons. The molecule has 2 nitrogen and oxygen atoms in total. The van der Waals surface area contributed by atoms with Crippen LogP contribution in [0.5, 0.6) is 5.75 Å². The summed E-state index contributed by atoms with van der Waals surface area (Å²) in [6.45, 7) is 5.33. The minimum absolute atomic E-state index is 0.303. The number of ether oxygens (including phenoxy) is 1. The molecule has 0 saturated carbocycles. The number of nitrogens with one attached hydrogen (secondary N) is 1. The molecule has 2 rings (SSSR count). The molecule has 1 heterocycles.